The van der Waals surface area contributed by atoms with Gasteiger partial charge in [0, 0.05) is 5.41 Å². The summed E-state index contributed by atoms with van der Waals surface area (Å²) >= 11 is 0. The van der Waals surface area contributed by atoms with Crippen LogP contribution in [0.15, 0.2) is 24.7 Å². The summed E-state index contributed by atoms with van der Waals surface area (Å²) in [4.78, 5) is 0. The molecule has 0 aromatic heterocycles. The van der Waals surface area contributed by atoms with E-state index in [0.29, 0.717) is 0 Å². The van der Waals surface area contributed by atoms with Crippen molar-refractivity contribution >= 4 is 0 Å². The highest BCUT2D eigenvalue weighted by Gasteiger charge is 2.07. The summed E-state index contributed by atoms with van der Waals surface area (Å²) in [5, 5.41) is 16.7. The molecule has 2 heteroatoms. The minimum Gasteiger partial charge on any atom is -0.516 e. The Hall–Kier alpha value is -0.920. The van der Waals surface area contributed by atoms with Crippen LogP contribution in [0.5, 0.6) is 0 Å². The van der Waals surface area contributed by atoms with E-state index >= 15 is 0 Å². The van der Waals surface area contributed by atoms with E-state index in [4.69, 9.17) is 10.2 Å². The Labute approximate surface area is 55.1 Å². The molecule has 0 saturated carbocycles. The highest BCUT2D eigenvalue weighted by molar-refractivity contribution is 5.03. The fraction of sp³-hybridized carbons (Fsp3) is 0.429. The third kappa shape index (κ3) is 3.64. The van der Waals surface area contributed by atoms with Gasteiger partial charge < -0.3 is 10.2 Å². The molecular formula is C7H12O2. The number of hydrogen-bond acceptors (Lipinski definition) is 2. The van der Waals surface area contributed by atoms with E-state index < -0.39 is 0 Å². The minimum absolute atomic E-state index is 0.260. The maximum atomic E-state index is 8.33. The Morgan fingerprint density at radius 2 is 1.33 bits per heavy atom. The van der Waals surface area contributed by atoms with E-state index in [1.165, 1.54) is 0 Å². The number of aliphatic hydroxyl groups excluding tert-OH is 2. The first-order valence-electron chi connectivity index (χ1n) is 2.76. The average Bonchev–Trinajstić information content (AvgIpc) is 1.64. The van der Waals surface area contributed by atoms with Crippen molar-refractivity contribution in [1.29, 1.82) is 0 Å². The van der Waals surface area contributed by atoms with Crippen molar-refractivity contribution in [3.8, 4) is 0 Å². The van der Waals surface area contributed by atoms with Crippen LogP contribution in [-0.4, -0.2) is 10.2 Å². The maximum Gasteiger partial charge on any atom is 0.0760 e. The first-order chi connectivity index (χ1) is 4.12. The quantitative estimate of drug-likeness (QED) is 0.559. The topological polar surface area (TPSA) is 40.5 Å². The number of rotatable bonds is 2. The van der Waals surface area contributed by atoms with E-state index in [0.717, 1.165) is 12.5 Å². The Kier molecular flexibility index (Phi) is 2.85. The third-order valence-electron chi connectivity index (χ3n) is 1.01. The predicted octanol–water partition coefficient (Wildman–Crippen LogP) is 2.16. The molecule has 0 aliphatic rings. The van der Waals surface area contributed by atoms with E-state index in [2.05, 4.69) is 0 Å². The molecule has 9 heavy (non-hydrogen) atoms. The SMILES string of the molecule is CC(C)(/C=C/O)/C=C/O. The van der Waals surface area contributed by atoms with E-state index in [9.17, 15) is 0 Å². The average molecular weight is 128 g/mol. The van der Waals surface area contributed by atoms with Crippen molar-refractivity contribution in [2.45, 2.75) is 13.8 Å². The van der Waals surface area contributed by atoms with Gasteiger partial charge in [-0.25, -0.2) is 0 Å². The largest absolute Gasteiger partial charge is 0.516 e. The molecule has 0 saturated heterocycles. The molecule has 0 aliphatic heterocycles. The summed E-state index contributed by atoms with van der Waals surface area (Å²) in [6, 6.07) is 0. The van der Waals surface area contributed by atoms with E-state index in [-0.39, 0.29) is 5.41 Å². The zero-order valence-electron chi connectivity index (χ0n) is 5.70. The van der Waals surface area contributed by atoms with Crippen molar-refractivity contribution in [2.24, 2.45) is 5.41 Å². The number of allylic oxidation sites excluding steroid dienone is 2. The molecule has 0 fully saturated rings. The van der Waals surface area contributed by atoms with Gasteiger partial charge in [0.15, 0.2) is 0 Å². The lowest BCUT2D eigenvalue weighted by Crippen LogP contribution is -2.01. The smallest absolute Gasteiger partial charge is 0.0760 e. The molecule has 0 unspecified atom stereocenters. The van der Waals surface area contributed by atoms with Gasteiger partial charge in [-0.2, -0.15) is 0 Å². The molecule has 0 radical (unpaired) electrons. The van der Waals surface area contributed by atoms with Crippen LogP contribution >= 0.6 is 0 Å². The van der Waals surface area contributed by atoms with Crippen LogP contribution < -0.4 is 0 Å². The van der Waals surface area contributed by atoms with Gasteiger partial charge in [0.2, 0.25) is 0 Å². The number of hydrogen-bond donors (Lipinski definition) is 2. The van der Waals surface area contributed by atoms with Crippen LogP contribution in [-0.2, 0) is 0 Å². The summed E-state index contributed by atoms with van der Waals surface area (Å²) in [6.45, 7) is 3.74. The van der Waals surface area contributed by atoms with Gasteiger partial charge in [0.05, 0.1) is 12.5 Å². The Balaban J connectivity index is 4.01. The van der Waals surface area contributed by atoms with Gasteiger partial charge in [-0.3, -0.25) is 0 Å². The highest BCUT2D eigenvalue weighted by Crippen LogP contribution is 2.17. The fourth-order valence-corrected chi connectivity index (χ4v) is 0.440. The number of aliphatic hydroxyl groups is 2. The zero-order chi connectivity index (χ0) is 7.33. The summed E-state index contributed by atoms with van der Waals surface area (Å²) < 4.78 is 0. The zero-order valence-corrected chi connectivity index (χ0v) is 5.70. The van der Waals surface area contributed by atoms with Crippen molar-refractivity contribution in [1.82, 2.24) is 0 Å². The first kappa shape index (κ1) is 8.08. The molecule has 0 rings (SSSR count). The fourth-order valence-electron chi connectivity index (χ4n) is 0.440. The lowest BCUT2D eigenvalue weighted by Gasteiger charge is -2.11. The lowest BCUT2D eigenvalue weighted by atomic mass is 9.94. The van der Waals surface area contributed by atoms with Gasteiger partial charge in [-0.1, -0.05) is 13.8 Å². The minimum atomic E-state index is -0.260. The Morgan fingerprint density at radius 1 is 1.00 bits per heavy atom. The first-order valence-corrected chi connectivity index (χ1v) is 2.76. The molecule has 0 aromatic rings. The van der Waals surface area contributed by atoms with Crippen LogP contribution in [0.1, 0.15) is 13.8 Å². The van der Waals surface area contributed by atoms with Crippen LogP contribution in [0.25, 0.3) is 0 Å². The molecule has 2 nitrogen and oxygen atoms in total. The maximum absolute atomic E-state index is 8.33. The summed E-state index contributed by atoms with van der Waals surface area (Å²) in [5.74, 6) is 0. The molecule has 52 valence electrons. The van der Waals surface area contributed by atoms with Gasteiger partial charge in [-0.15, -0.1) is 0 Å². The standard InChI is InChI=1S/C7H12O2/c1-7(2,3-5-8)4-6-9/h3-6,8-9H,1-2H3/b5-3+,6-4+. The van der Waals surface area contributed by atoms with Gasteiger partial charge in [0.1, 0.15) is 0 Å². The van der Waals surface area contributed by atoms with Crippen molar-refractivity contribution < 1.29 is 10.2 Å². The molecule has 0 spiro atoms. The van der Waals surface area contributed by atoms with Gasteiger partial charge in [-0.05, 0) is 12.2 Å². The summed E-state index contributed by atoms with van der Waals surface area (Å²) in [7, 11) is 0. The van der Waals surface area contributed by atoms with Crippen molar-refractivity contribution in [3.05, 3.63) is 24.7 Å². The Bertz CT molecular complexity index is 109. The lowest BCUT2D eigenvalue weighted by molar-refractivity contribution is 0.443. The van der Waals surface area contributed by atoms with Gasteiger partial charge in [0.25, 0.3) is 0 Å². The van der Waals surface area contributed by atoms with Crippen LogP contribution in [0.3, 0.4) is 0 Å². The third-order valence-corrected chi connectivity index (χ3v) is 1.01. The van der Waals surface area contributed by atoms with E-state index in [1.807, 2.05) is 13.8 Å². The molecule has 0 bridgehead atoms. The predicted molar refractivity (Wildman–Crippen MR) is 37.3 cm³/mol. The second-order valence-corrected chi connectivity index (χ2v) is 2.45. The molecule has 0 heterocycles. The van der Waals surface area contributed by atoms with Crippen molar-refractivity contribution in [2.75, 3.05) is 0 Å². The molecular weight excluding hydrogens is 116 g/mol. The highest BCUT2D eigenvalue weighted by atomic mass is 16.2. The molecule has 0 amide bonds. The molecule has 2 N–H and O–H groups in total. The van der Waals surface area contributed by atoms with Crippen LogP contribution in [0.4, 0.5) is 0 Å². The van der Waals surface area contributed by atoms with Gasteiger partial charge >= 0.3 is 0 Å². The molecule has 0 atom stereocenters. The molecule has 0 aromatic carbocycles. The molecule has 0 aliphatic carbocycles. The van der Waals surface area contributed by atoms with Crippen LogP contribution in [0, 0.1) is 5.41 Å². The monoisotopic (exact) mass is 128 g/mol. The van der Waals surface area contributed by atoms with E-state index in [1.54, 1.807) is 12.2 Å². The van der Waals surface area contributed by atoms with Crippen molar-refractivity contribution in [3.63, 3.8) is 0 Å². The summed E-state index contributed by atoms with van der Waals surface area (Å²) in [6.07, 6.45) is 5.11. The second kappa shape index (κ2) is 3.17. The second-order valence-electron chi connectivity index (χ2n) is 2.45. The summed E-state index contributed by atoms with van der Waals surface area (Å²) in [5.41, 5.74) is -0.260. The van der Waals surface area contributed by atoms with Crippen LogP contribution in [0.2, 0.25) is 0 Å². The normalized spacial score (nSPS) is 13.6. The Morgan fingerprint density at radius 3 is 1.56 bits per heavy atom.